The molecule has 0 heterocycles. The van der Waals surface area contributed by atoms with Gasteiger partial charge in [0.05, 0.1) is 6.61 Å². The summed E-state index contributed by atoms with van der Waals surface area (Å²) in [4.78, 5) is 0. The summed E-state index contributed by atoms with van der Waals surface area (Å²) >= 11 is 0. The summed E-state index contributed by atoms with van der Waals surface area (Å²) in [5, 5.41) is 0. The first-order valence-electron chi connectivity index (χ1n) is 10.6. The number of hydrogen-bond donors (Lipinski definition) is 0. The first kappa shape index (κ1) is 20.5. The Labute approximate surface area is 161 Å². The molecule has 27 heavy (non-hydrogen) atoms. The molecule has 3 aliphatic rings. The topological polar surface area (TPSA) is 9.23 Å². The molecule has 4 rings (SSSR count). The van der Waals surface area contributed by atoms with Crippen LogP contribution in [-0.2, 0) is 5.41 Å². The Morgan fingerprint density at radius 3 is 2.41 bits per heavy atom. The fourth-order valence-corrected chi connectivity index (χ4v) is 5.67. The van der Waals surface area contributed by atoms with Gasteiger partial charge in [-0.15, -0.1) is 0 Å². The van der Waals surface area contributed by atoms with Crippen molar-refractivity contribution in [3.63, 3.8) is 0 Å². The van der Waals surface area contributed by atoms with Gasteiger partial charge in [0.1, 0.15) is 5.75 Å². The van der Waals surface area contributed by atoms with Crippen LogP contribution in [0.15, 0.2) is 24.3 Å². The molecule has 3 aliphatic carbocycles. The molecule has 2 unspecified atom stereocenters. The summed E-state index contributed by atoms with van der Waals surface area (Å²) in [7, 11) is 0. The minimum atomic E-state index is -4.10. The third kappa shape index (κ3) is 4.81. The highest BCUT2D eigenvalue weighted by molar-refractivity contribution is 5.34. The number of hydrogen-bond acceptors (Lipinski definition) is 1. The number of ether oxygens (including phenoxy) is 1. The molecule has 152 valence electrons. The third-order valence-corrected chi connectivity index (χ3v) is 7.03. The standard InChI is InChI=1S/C23H33F3O/c1-3-5-17(2)21-16-18-10-13-22(21,14-11-18)19-6-8-20(9-7-19)27-15-4-12-23(24,25)26/h6-9,17-18,21H,3-5,10-16H2,1-2H3. The van der Waals surface area contributed by atoms with Crippen LogP contribution in [0.1, 0.15) is 77.2 Å². The van der Waals surface area contributed by atoms with Gasteiger partial charge in [-0.1, -0.05) is 38.8 Å². The average Bonchev–Trinajstić information content (AvgIpc) is 2.66. The van der Waals surface area contributed by atoms with E-state index in [0.717, 1.165) is 17.8 Å². The maximum atomic E-state index is 12.2. The normalized spacial score (nSPS) is 28.9. The summed E-state index contributed by atoms with van der Waals surface area (Å²) in [6.07, 6.45) is 4.25. The molecule has 0 radical (unpaired) electrons. The average molecular weight is 383 g/mol. The highest BCUT2D eigenvalue weighted by Crippen LogP contribution is 2.57. The zero-order valence-electron chi connectivity index (χ0n) is 16.7. The van der Waals surface area contributed by atoms with Crippen LogP contribution >= 0.6 is 0 Å². The van der Waals surface area contributed by atoms with Gasteiger partial charge in [0, 0.05) is 6.42 Å². The number of halogens is 3. The number of fused-ring (bicyclic) bond motifs is 3. The molecule has 0 amide bonds. The molecule has 0 aliphatic heterocycles. The summed E-state index contributed by atoms with van der Waals surface area (Å²) in [5.74, 6) is 3.09. The van der Waals surface area contributed by atoms with Crippen molar-refractivity contribution in [2.45, 2.75) is 83.2 Å². The number of alkyl halides is 3. The third-order valence-electron chi connectivity index (χ3n) is 7.03. The molecule has 0 spiro atoms. The fourth-order valence-electron chi connectivity index (χ4n) is 5.67. The van der Waals surface area contributed by atoms with Crippen LogP contribution in [0.25, 0.3) is 0 Å². The molecule has 2 bridgehead atoms. The Kier molecular flexibility index (Phi) is 6.43. The Bertz CT molecular complexity index is 585. The lowest BCUT2D eigenvalue weighted by atomic mass is 9.50. The van der Waals surface area contributed by atoms with E-state index in [2.05, 4.69) is 26.0 Å². The van der Waals surface area contributed by atoms with E-state index in [-0.39, 0.29) is 18.4 Å². The largest absolute Gasteiger partial charge is 0.494 e. The molecule has 1 aromatic carbocycles. The highest BCUT2D eigenvalue weighted by atomic mass is 19.4. The van der Waals surface area contributed by atoms with E-state index in [0.29, 0.717) is 5.75 Å². The molecular formula is C23H33F3O. The van der Waals surface area contributed by atoms with Gasteiger partial charge in [0.2, 0.25) is 0 Å². The SMILES string of the molecule is CCCC(C)C1CC2CCC1(c1ccc(OCCCC(F)(F)F)cc1)CC2. The van der Waals surface area contributed by atoms with Crippen molar-refractivity contribution in [2.75, 3.05) is 6.61 Å². The molecule has 0 saturated heterocycles. The Balaban J connectivity index is 1.67. The van der Waals surface area contributed by atoms with Crippen molar-refractivity contribution in [3.05, 3.63) is 29.8 Å². The van der Waals surface area contributed by atoms with Crippen molar-refractivity contribution in [3.8, 4) is 5.75 Å². The Morgan fingerprint density at radius 1 is 1.15 bits per heavy atom. The van der Waals surface area contributed by atoms with Gasteiger partial charge in [0.25, 0.3) is 0 Å². The summed E-state index contributed by atoms with van der Waals surface area (Å²) in [5.41, 5.74) is 1.70. The van der Waals surface area contributed by atoms with Gasteiger partial charge in [0.15, 0.2) is 0 Å². The number of rotatable bonds is 8. The monoisotopic (exact) mass is 382 g/mol. The van der Waals surface area contributed by atoms with Gasteiger partial charge in [-0.2, -0.15) is 13.2 Å². The van der Waals surface area contributed by atoms with Crippen LogP contribution in [0, 0.1) is 17.8 Å². The van der Waals surface area contributed by atoms with E-state index in [1.807, 2.05) is 12.1 Å². The predicted octanol–water partition coefficient (Wildman–Crippen LogP) is 7.29. The Morgan fingerprint density at radius 2 is 1.81 bits per heavy atom. The van der Waals surface area contributed by atoms with E-state index < -0.39 is 12.6 Å². The second-order valence-corrected chi connectivity index (χ2v) is 8.80. The van der Waals surface area contributed by atoms with Crippen molar-refractivity contribution < 1.29 is 17.9 Å². The van der Waals surface area contributed by atoms with Crippen LogP contribution in [-0.4, -0.2) is 12.8 Å². The lowest BCUT2D eigenvalue weighted by molar-refractivity contribution is -0.136. The van der Waals surface area contributed by atoms with Gasteiger partial charge in [-0.25, -0.2) is 0 Å². The zero-order chi connectivity index (χ0) is 19.5. The first-order valence-corrected chi connectivity index (χ1v) is 10.6. The lowest BCUT2D eigenvalue weighted by Gasteiger charge is -2.55. The highest BCUT2D eigenvalue weighted by Gasteiger charge is 2.49. The van der Waals surface area contributed by atoms with Crippen molar-refractivity contribution in [1.29, 1.82) is 0 Å². The minimum Gasteiger partial charge on any atom is -0.494 e. The van der Waals surface area contributed by atoms with E-state index in [1.165, 1.54) is 50.5 Å². The quantitative estimate of drug-likeness (QED) is 0.429. The van der Waals surface area contributed by atoms with E-state index >= 15 is 0 Å². The minimum absolute atomic E-state index is 0.00713. The molecule has 4 heteroatoms. The molecule has 1 nitrogen and oxygen atoms in total. The summed E-state index contributed by atoms with van der Waals surface area (Å²) in [6, 6.07) is 8.27. The van der Waals surface area contributed by atoms with Crippen molar-refractivity contribution in [2.24, 2.45) is 17.8 Å². The molecule has 0 aromatic heterocycles. The molecule has 3 fully saturated rings. The van der Waals surface area contributed by atoms with E-state index in [1.54, 1.807) is 0 Å². The molecule has 3 saturated carbocycles. The molecular weight excluding hydrogens is 349 g/mol. The van der Waals surface area contributed by atoms with Gasteiger partial charge >= 0.3 is 6.18 Å². The maximum Gasteiger partial charge on any atom is 0.389 e. The van der Waals surface area contributed by atoms with E-state index in [4.69, 9.17) is 4.74 Å². The first-order chi connectivity index (χ1) is 12.8. The van der Waals surface area contributed by atoms with Crippen LogP contribution in [0.3, 0.4) is 0 Å². The van der Waals surface area contributed by atoms with Crippen LogP contribution in [0.5, 0.6) is 5.75 Å². The molecule has 2 atom stereocenters. The number of benzene rings is 1. The predicted molar refractivity (Wildman–Crippen MR) is 103 cm³/mol. The second kappa shape index (κ2) is 8.45. The molecule has 1 aromatic rings. The summed E-state index contributed by atoms with van der Waals surface area (Å²) in [6.45, 7) is 4.81. The fraction of sp³-hybridized carbons (Fsp3) is 0.739. The van der Waals surface area contributed by atoms with E-state index in [9.17, 15) is 13.2 Å². The van der Waals surface area contributed by atoms with Crippen LogP contribution in [0.4, 0.5) is 13.2 Å². The van der Waals surface area contributed by atoms with Crippen LogP contribution < -0.4 is 4.74 Å². The smallest absolute Gasteiger partial charge is 0.389 e. The van der Waals surface area contributed by atoms with Gasteiger partial charge in [-0.3, -0.25) is 0 Å². The van der Waals surface area contributed by atoms with Gasteiger partial charge in [-0.05, 0) is 79.4 Å². The lowest BCUT2D eigenvalue weighted by Crippen LogP contribution is -2.48. The maximum absolute atomic E-state index is 12.2. The zero-order valence-corrected chi connectivity index (χ0v) is 16.7. The summed E-state index contributed by atoms with van der Waals surface area (Å²) < 4.78 is 42.2. The second-order valence-electron chi connectivity index (χ2n) is 8.80. The molecule has 0 N–H and O–H groups in total. The van der Waals surface area contributed by atoms with Crippen molar-refractivity contribution in [1.82, 2.24) is 0 Å². The van der Waals surface area contributed by atoms with Crippen molar-refractivity contribution >= 4 is 0 Å². The van der Waals surface area contributed by atoms with Gasteiger partial charge < -0.3 is 4.74 Å². The Hall–Kier alpha value is -1.19. The van der Waals surface area contributed by atoms with Crippen LogP contribution in [0.2, 0.25) is 0 Å².